The number of allylic oxidation sites excluding steroid dienone is 2. The van der Waals surface area contributed by atoms with Gasteiger partial charge >= 0.3 is 0 Å². The maximum absolute atomic E-state index is 12.0. The van der Waals surface area contributed by atoms with E-state index in [1.54, 1.807) is 0 Å². The zero-order chi connectivity index (χ0) is 14.6. The maximum atomic E-state index is 12.0. The molecule has 0 spiro atoms. The number of carbonyl (C=O) groups excluding carboxylic acids is 1. The summed E-state index contributed by atoms with van der Waals surface area (Å²) in [5.74, 6) is 1.48. The van der Waals surface area contributed by atoms with Crippen molar-refractivity contribution < 1.29 is 4.79 Å². The normalized spacial score (nSPS) is 23.3. The Balaban J connectivity index is 1.82. The number of benzene rings is 1. The van der Waals surface area contributed by atoms with Crippen LogP contribution in [-0.2, 0) is 10.2 Å². The van der Waals surface area contributed by atoms with Crippen LogP contribution in [0.3, 0.4) is 0 Å². The number of hydrogen-bond acceptors (Lipinski definition) is 2. The lowest BCUT2D eigenvalue weighted by molar-refractivity contribution is -0.119. The zero-order valence-corrected chi connectivity index (χ0v) is 12.4. The van der Waals surface area contributed by atoms with Crippen LogP contribution in [0.4, 0.5) is 5.69 Å². The number of H-pyrrole nitrogens is 1. The zero-order valence-electron chi connectivity index (χ0n) is 12.4. The van der Waals surface area contributed by atoms with E-state index in [0.29, 0.717) is 5.92 Å². The molecule has 0 saturated carbocycles. The highest BCUT2D eigenvalue weighted by Crippen LogP contribution is 2.39. The summed E-state index contributed by atoms with van der Waals surface area (Å²) in [5, 5.41) is 2.97. The van der Waals surface area contributed by atoms with E-state index >= 15 is 0 Å². The molecule has 2 N–H and O–H groups in total. The molecule has 108 valence electrons. The van der Waals surface area contributed by atoms with Crippen molar-refractivity contribution in [3.05, 3.63) is 35.7 Å². The van der Waals surface area contributed by atoms with Gasteiger partial charge in [-0.1, -0.05) is 12.2 Å². The number of rotatable bonds is 1. The molecule has 1 aromatic carbocycles. The van der Waals surface area contributed by atoms with Crippen molar-refractivity contribution in [1.82, 2.24) is 9.97 Å². The number of nitrogens with zero attached hydrogens (tertiary/aromatic N) is 1. The third-order valence-corrected chi connectivity index (χ3v) is 4.73. The highest BCUT2D eigenvalue weighted by Gasteiger charge is 2.38. The van der Waals surface area contributed by atoms with Crippen LogP contribution in [0.25, 0.3) is 11.0 Å². The lowest BCUT2D eigenvalue weighted by Crippen LogP contribution is -2.26. The first kappa shape index (κ1) is 12.6. The van der Waals surface area contributed by atoms with Crippen LogP contribution >= 0.6 is 0 Å². The minimum Gasteiger partial charge on any atom is -0.341 e. The smallest absolute Gasteiger partial charge is 0.234 e. The van der Waals surface area contributed by atoms with Crippen molar-refractivity contribution in [3.8, 4) is 0 Å². The van der Waals surface area contributed by atoms with Gasteiger partial charge < -0.3 is 10.3 Å². The van der Waals surface area contributed by atoms with E-state index < -0.39 is 5.41 Å². The van der Waals surface area contributed by atoms with Crippen LogP contribution in [0, 0.1) is 0 Å². The maximum Gasteiger partial charge on any atom is 0.234 e. The first-order chi connectivity index (χ1) is 10.1. The second-order valence-corrected chi connectivity index (χ2v) is 6.58. The Bertz CT molecular complexity index is 770. The van der Waals surface area contributed by atoms with E-state index in [1.165, 1.54) is 12.8 Å². The SMILES string of the molecule is CC1(C)C(=O)Nc2cc3[nH]c(C4C=CCCC4)nc3cc21. The van der Waals surface area contributed by atoms with Crippen molar-refractivity contribution >= 4 is 22.6 Å². The highest BCUT2D eigenvalue weighted by molar-refractivity contribution is 6.07. The molecule has 1 amide bonds. The van der Waals surface area contributed by atoms with Gasteiger partial charge in [0.2, 0.25) is 5.91 Å². The quantitative estimate of drug-likeness (QED) is 0.784. The summed E-state index contributed by atoms with van der Waals surface area (Å²) >= 11 is 0. The lowest BCUT2D eigenvalue weighted by Gasteiger charge is -2.14. The molecule has 4 rings (SSSR count). The average Bonchev–Trinajstić information content (AvgIpc) is 2.98. The number of anilines is 1. The lowest BCUT2D eigenvalue weighted by atomic mass is 9.86. The van der Waals surface area contributed by atoms with Gasteiger partial charge in [0.25, 0.3) is 0 Å². The fourth-order valence-corrected chi connectivity index (χ4v) is 3.31. The molecule has 0 fully saturated rings. The summed E-state index contributed by atoms with van der Waals surface area (Å²) in [5.41, 5.74) is 3.42. The molecule has 4 nitrogen and oxygen atoms in total. The van der Waals surface area contributed by atoms with Gasteiger partial charge in [0, 0.05) is 11.6 Å². The molecule has 1 unspecified atom stereocenters. The largest absolute Gasteiger partial charge is 0.341 e. The second kappa shape index (κ2) is 4.20. The van der Waals surface area contributed by atoms with Crippen molar-refractivity contribution in [2.45, 2.75) is 44.4 Å². The van der Waals surface area contributed by atoms with E-state index in [1.807, 2.05) is 19.9 Å². The van der Waals surface area contributed by atoms with Gasteiger partial charge in [0.1, 0.15) is 5.82 Å². The number of amides is 1. The number of carbonyl (C=O) groups is 1. The van der Waals surface area contributed by atoms with Crippen molar-refractivity contribution in [3.63, 3.8) is 0 Å². The second-order valence-electron chi connectivity index (χ2n) is 6.58. The minimum absolute atomic E-state index is 0.0561. The highest BCUT2D eigenvalue weighted by atomic mass is 16.2. The number of hydrogen-bond donors (Lipinski definition) is 2. The summed E-state index contributed by atoms with van der Waals surface area (Å²) < 4.78 is 0. The average molecular weight is 281 g/mol. The van der Waals surface area contributed by atoms with Crippen molar-refractivity contribution in [2.75, 3.05) is 5.32 Å². The monoisotopic (exact) mass is 281 g/mol. The Morgan fingerprint density at radius 3 is 2.95 bits per heavy atom. The molecule has 1 atom stereocenters. The Morgan fingerprint density at radius 2 is 2.19 bits per heavy atom. The molecule has 1 aliphatic carbocycles. The molecular weight excluding hydrogens is 262 g/mol. The van der Waals surface area contributed by atoms with E-state index in [-0.39, 0.29) is 5.91 Å². The minimum atomic E-state index is -0.479. The van der Waals surface area contributed by atoms with Gasteiger partial charge in [-0.25, -0.2) is 4.98 Å². The van der Waals surface area contributed by atoms with E-state index in [4.69, 9.17) is 4.98 Å². The molecule has 1 aromatic heterocycles. The predicted molar refractivity (Wildman–Crippen MR) is 83.5 cm³/mol. The summed E-state index contributed by atoms with van der Waals surface area (Å²) in [6, 6.07) is 4.06. The summed E-state index contributed by atoms with van der Waals surface area (Å²) in [6.07, 6.45) is 8.03. The van der Waals surface area contributed by atoms with E-state index in [9.17, 15) is 4.79 Å². The van der Waals surface area contributed by atoms with Crippen LogP contribution in [0.5, 0.6) is 0 Å². The molecule has 1 aliphatic heterocycles. The molecule has 0 radical (unpaired) electrons. The molecule has 2 heterocycles. The van der Waals surface area contributed by atoms with Crippen LogP contribution < -0.4 is 5.32 Å². The fourth-order valence-electron chi connectivity index (χ4n) is 3.31. The van der Waals surface area contributed by atoms with Crippen molar-refractivity contribution in [1.29, 1.82) is 0 Å². The van der Waals surface area contributed by atoms with Crippen LogP contribution in [0.1, 0.15) is 50.4 Å². The predicted octanol–water partition coefficient (Wildman–Crippen LogP) is 3.62. The molecule has 0 bridgehead atoms. The Labute approximate surface area is 123 Å². The molecule has 4 heteroatoms. The Hall–Kier alpha value is -2.10. The number of fused-ring (bicyclic) bond motifs is 2. The molecule has 0 saturated heterocycles. The van der Waals surface area contributed by atoms with Gasteiger partial charge in [0.05, 0.1) is 16.4 Å². The van der Waals surface area contributed by atoms with Gasteiger partial charge in [-0.15, -0.1) is 0 Å². The van der Waals surface area contributed by atoms with Gasteiger partial charge in [-0.05, 0) is 50.8 Å². The number of aromatic nitrogens is 2. The Morgan fingerprint density at radius 1 is 1.33 bits per heavy atom. The molecular formula is C17H19N3O. The van der Waals surface area contributed by atoms with Gasteiger partial charge in [0.15, 0.2) is 0 Å². The number of aromatic amines is 1. The first-order valence-corrected chi connectivity index (χ1v) is 7.58. The Kier molecular flexibility index (Phi) is 2.52. The third-order valence-electron chi connectivity index (χ3n) is 4.73. The van der Waals surface area contributed by atoms with E-state index in [0.717, 1.165) is 34.5 Å². The number of nitrogens with one attached hydrogen (secondary N) is 2. The van der Waals surface area contributed by atoms with Crippen LogP contribution in [-0.4, -0.2) is 15.9 Å². The topological polar surface area (TPSA) is 57.8 Å². The summed E-state index contributed by atoms with van der Waals surface area (Å²) in [7, 11) is 0. The summed E-state index contributed by atoms with van der Waals surface area (Å²) in [4.78, 5) is 20.2. The molecule has 2 aliphatic rings. The van der Waals surface area contributed by atoms with Crippen LogP contribution in [0.15, 0.2) is 24.3 Å². The molecule has 21 heavy (non-hydrogen) atoms. The fraction of sp³-hybridized carbons (Fsp3) is 0.412. The first-order valence-electron chi connectivity index (χ1n) is 7.58. The van der Waals surface area contributed by atoms with Gasteiger partial charge in [-0.3, -0.25) is 4.79 Å². The van der Waals surface area contributed by atoms with E-state index in [2.05, 4.69) is 28.5 Å². The molecule has 2 aromatic rings. The third kappa shape index (κ3) is 1.82. The van der Waals surface area contributed by atoms with Gasteiger partial charge in [-0.2, -0.15) is 0 Å². The van der Waals surface area contributed by atoms with Crippen molar-refractivity contribution in [2.24, 2.45) is 0 Å². The number of imidazole rings is 1. The summed E-state index contributed by atoms with van der Waals surface area (Å²) in [6.45, 7) is 3.91. The standard InChI is InChI=1S/C17H19N3O/c1-17(2)11-8-13-14(9-12(11)20-16(17)21)19-15(18-13)10-6-4-3-5-7-10/h4,6,8-10H,3,5,7H2,1-2H3,(H,18,19)(H,20,21). The van der Waals surface area contributed by atoms with Crippen LogP contribution in [0.2, 0.25) is 0 Å².